The summed E-state index contributed by atoms with van der Waals surface area (Å²) in [6.45, 7) is 6.06. The molecule has 3 heterocycles. The third-order valence-corrected chi connectivity index (χ3v) is 4.80. The zero-order valence-corrected chi connectivity index (χ0v) is 13.0. The van der Waals surface area contributed by atoms with Gasteiger partial charge in [-0.15, -0.1) is 11.3 Å². The number of aromatic amines is 1. The van der Waals surface area contributed by atoms with E-state index in [1.807, 2.05) is 26.0 Å². The second-order valence-corrected chi connectivity index (χ2v) is 6.11. The van der Waals surface area contributed by atoms with E-state index in [2.05, 4.69) is 27.4 Å². The Balaban J connectivity index is 1.86. The Hall–Kier alpha value is -2.21. The average molecular weight is 300 g/mol. The molecule has 0 saturated carbocycles. The highest BCUT2D eigenvalue weighted by atomic mass is 32.1. The van der Waals surface area contributed by atoms with Gasteiger partial charge in [0.25, 0.3) is 5.91 Å². The number of thiophene rings is 1. The van der Waals surface area contributed by atoms with E-state index >= 15 is 0 Å². The fraction of sp³-hybridized carbons (Fsp3) is 0.267. The van der Waals surface area contributed by atoms with Crippen molar-refractivity contribution in [3.63, 3.8) is 0 Å². The molecule has 3 aromatic rings. The predicted octanol–water partition coefficient (Wildman–Crippen LogP) is 3.45. The fourth-order valence-electron chi connectivity index (χ4n) is 2.26. The lowest BCUT2D eigenvalue weighted by atomic mass is 10.2. The monoisotopic (exact) mass is 300 g/mol. The van der Waals surface area contributed by atoms with E-state index in [0.717, 1.165) is 22.4 Å². The van der Waals surface area contributed by atoms with Crippen LogP contribution in [-0.2, 0) is 6.42 Å². The van der Waals surface area contributed by atoms with E-state index in [0.29, 0.717) is 11.3 Å². The zero-order chi connectivity index (χ0) is 15.0. The molecule has 0 radical (unpaired) electrons. The van der Waals surface area contributed by atoms with Crippen molar-refractivity contribution >= 4 is 34.0 Å². The quantitative estimate of drug-likeness (QED) is 0.778. The number of aromatic nitrogens is 3. The summed E-state index contributed by atoms with van der Waals surface area (Å²) in [6, 6.07) is 3.83. The summed E-state index contributed by atoms with van der Waals surface area (Å²) in [5, 5.41) is 10.8. The number of nitrogens with one attached hydrogen (secondary N) is 2. The van der Waals surface area contributed by atoms with Gasteiger partial charge in [0.05, 0.1) is 16.8 Å². The van der Waals surface area contributed by atoms with Gasteiger partial charge in [0.15, 0.2) is 5.65 Å². The second-order valence-electron chi connectivity index (χ2n) is 4.97. The smallest absolute Gasteiger partial charge is 0.265 e. The second kappa shape index (κ2) is 5.29. The van der Waals surface area contributed by atoms with E-state index < -0.39 is 0 Å². The molecule has 0 spiro atoms. The van der Waals surface area contributed by atoms with Crippen molar-refractivity contribution in [3.05, 3.63) is 39.3 Å². The molecule has 6 heteroatoms. The molecule has 5 nitrogen and oxygen atoms in total. The van der Waals surface area contributed by atoms with E-state index in [1.165, 1.54) is 10.4 Å². The summed E-state index contributed by atoms with van der Waals surface area (Å²) in [5.41, 5.74) is 3.45. The average Bonchev–Trinajstić information content (AvgIpc) is 3.03. The number of amides is 1. The maximum absolute atomic E-state index is 12.3. The number of carbonyl (C=O) groups is 1. The minimum absolute atomic E-state index is 0.0925. The molecule has 0 fully saturated rings. The Bertz CT molecular complexity index is 818. The van der Waals surface area contributed by atoms with Gasteiger partial charge in [-0.1, -0.05) is 6.92 Å². The first kappa shape index (κ1) is 13.8. The SMILES string of the molecule is CCc1sc(C(=O)Nc2cnc3n[nH]c(C)c3c2)cc1C. The van der Waals surface area contributed by atoms with Crippen LogP contribution in [0.3, 0.4) is 0 Å². The van der Waals surface area contributed by atoms with Gasteiger partial charge in [-0.25, -0.2) is 4.98 Å². The summed E-state index contributed by atoms with van der Waals surface area (Å²) in [7, 11) is 0. The summed E-state index contributed by atoms with van der Waals surface area (Å²) in [4.78, 5) is 18.5. The van der Waals surface area contributed by atoms with Gasteiger partial charge in [-0.2, -0.15) is 5.10 Å². The molecule has 0 aliphatic heterocycles. The Morgan fingerprint density at radius 2 is 2.19 bits per heavy atom. The number of fused-ring (bicyclic) bond motifs is 1. The predicted molar refractivity (Wildman–Crippen MR) is 85.0 cm³/mol. The van der Waals surface area contributed by atoms with Crippen LogP contribution >= 0.6 is 11.3 Å². The molecule has 0 aliphatic carbocycles. The molecule has 3 aromatic heterocycles. The maximum Gasteiger partial charge on any atom is 0.265 e. The topological polar surface area (TPSA) is 70.7 Å². The van der Waals surface area contributed by atoms with Crippen molar-refractivity contribution in [1.82, 2.24) is 15.2 Å². The largest absolute Gasteiger partial charge is 0.320 e. The Morgan fingerprint density at radius 3 is 2.90 bits per heavy atom. The van der Waals surface area contributed by atoms with Crippen LogP contribution in [-0.4, -0.2) is 21.1 Å². The van der Waals surface area contributed by atoms with Gasteiger partial charge in [-0.05, 0) is 38.0 Å². The standard InChI is InChI=1S/C15H16N4OS/c1-4-12-8(2)5-13(21-12)15(20)17-10-6-11-9(3)18-19-14(11)16-7-10/h5-7H,4H2,1-3H3,(H,17,20)(H,16,18,19). The van der Waals surface area contributed by atoms with Crippen LogP contribution in [0.5, 0.6) is 0 Å². The van der Waals surface area contributed by atoms with Crippen molar-refractivity contribution < 1.29 is 4.79 Å². The van der Waals surface area contributed by atoms with Crippen molar-refractivity contribution in [2.45, 2.75) is 27.2 Å². The summed E-state index contributed by atoms with van der Waals surface area (Å²) in [5.74, 6) is -0.0925. The highest BCUT2D eigenvalue weighted by Gasteiger charge is 2.13. The Morgan fingerprint density at radius 1 is 1.38 bits per heavy atom. The lowest BCUT2D eigenvalue weighted by Gasteiger charge is -2.03. The van der Waals surface area contributed by atoms with Crippen LogP contribution in [0.2, 0.25) is 0 Å². The minimum atomic E-state index is -0.0925. The van der Waals surface area contributed by atoms with Gasteiger partial charge in [0.1, 0.15) is 0 Å². The van der Waals surface area contributed by atoms with Gasteiger partial charge in [0, 0.05) is 16.0 Å². The summed E-state index contributed by atoms with van der Waals surface area (Å²) < 4.78 is 0. The number of hydrogen-bond acceptors (Lipinski definition) is 4. The molecular formula is C15H16N4OS. The van der Waals surface area contributed by atoms with E-state index in [4.69, 9.17) is 0 Å². The van der Waals surface area contributed by atoms with E-state index in [1.54, 1.807) is 17.5 Å². The number of pyridine rings is 1. The molecule has 0 saturated heterocycles. The van der Waals surface area contributed by atoms with Gasteiger partial charge >= 0.3 is 0 Å². The van der Waals surface area contributed by atoms with Gasteiger partial charge in [0.2, 0.25) is 0 Å². The first-order valence-electron chi connectivity index (χ1n) is 6.80. The van der Waals surface area contributed by atoms with Gasteiger partial charge < -0.3 is 5.32 Å². The first-order valence-corrected chi connectivity index (χ1v) is 7.61. The summed E-state index contributed by atoms with van der Waals surface area (Å²) >= 11 is 1.54. The molecule has 108 valence electrons. The Labute approximate surface area is 126 Å². The zero-order valence-electron chi connectivity index (χ0n) is 12.2. The highest BCUT2D eigenvalue weighted by Crippen LogP contribution is 2.24. The third-order valence-electron chi connectivity index (χ3n) is 3.42. The number of carbonyl (C=O) groups excluding carboxylic acids is 1. The lowest BCUT2D eigenvalue weighted by molar-refractivity contribution is 0.103. The van der Waals surface area contributed by atoms with Crippen molar-refractivity contribution in [3.8, 4) is 0 Å². The first-order chi connectivity index (χ1) is 10.1. The van der Waals surface area contributed by atoms with Crippen LogP contribution in [0.25, 0.3) is 11.0 Å². The number of nitrogens with zero attached hydrogens (tertiary/aromatic N) is 2. The van der Waals surface area contributed by atoms with E-state index in [-0.39, 0.29) is 5.91 Å². The molecule has 1 amide bonds. The number of hydrogen-bond donors (Lipinski definition) is 2. The molecule has 21 heavy (non-hydrogen) atoms. The Kier molecular flexibility index (Phi) is 3.47. The molecule has 3 rings (SSSR count). The molecule has 0 atom stereocenters. The molecule has 0 bridgehead atoms. The molecular weight excluding hydrogens is 284 g/mol. The molecule has 0 aliphatic rings. The minimum Gasteiger partial charge on any atom is -0.320 e. The highest BCUT2D eigenvalue weighted by molar-refractivity contribution is 7.14. The number of aryl methyl sites for hydroxylation is 3. The van der Waals surface area contributed by atoms with Crippen LogP contribution in [0.4, 0.5) is 5.69 Å². The van der Waals surface area contributed by atoms with E-state index in [9.17, 15) is 4.79 Å². The summed E-state index contributed by atoms with van der Waals surface area (Å²) in [6.07, 6.45) is 2.58. The van der Waals surface area contributed by atoms with Crippen LogP contribution in [0.1, 0.15) is 32.7 Å². The van der Waals surface area contributed by atoms with Crippen LogP contribution in [0, 0.1) is 13.8 Å². The molecule has 0 unspecified atom stereocenters. The van der Waals surface area contributed by atoms with Crippen LogP contribution in [0.15, 0.2) is 18.3 Å². The maximum atomic E-state index is 12.3. The van der Waals surface area contributed by atoms with Crippen molar-refractivity contribution in [2.75, 3.05) is 5.32 Å². The van der Waals surface area contributed by atoms with Crippen molar-refractivity contribution in [1.29, 1.82) is 0 Å². The van der Waals surface area contributed by atoms with Gasteiger partial charge in [-0.3, -0.25) is 9.89 Å². The molecule has 2 N–H and O–H groups in total. The number of rotatable bonds is 3. The normalized spacial score (nSPS) is 11.0. The number of H-pyrrole nitrogens is 1. The van der Waals surface area contributed by atoms with Crippen LogP contribution < -0.4 is 5.32 Å². The lowest BCUT2D eigenvalue weighted by Crippen LogP contribution is -2.10. The third kappa shape index (κ3) is 2.54. The van der Waals surface area contributed by atoms with Crippen molar-refractivity contribution in [2.24, 2.45) is 0 Å². The molecule has 0 aromatic carbocycles. The fourth-order valence-corrected chi connectivity index (χ4v) is 3.27. The number of anilines is 1.